The lowest BCUT2D eigenvalue weighted by Gasteiger charge is -2.04. The second-order valence-electron chi connectivity index (χ2n) is 5.36. The molecule has 0 bridgehead atoms. The van der Waals surface area contributed by atoms with Gasteiger partial charge in [-0.05, 0) is 48.5 Å². The highest BCUT2D eigenvalue weighted by molar-refractivity contribution is 6.30. The molecule has 6 nitrogen and oxygen atoms in total. The molecule has 25 heavy (non-hydrogen) atoms. The molecular formula is C18H14ClN3O3. The number of carbonyl (C=O) groups excluding carboxylic acids is 2. The maximum Gasteiger partial charge on any atom is 0.248 e. The van der Waals surface area contributed by atoms with Crippen LogP contribution in [-0.2, 0) is 11.2 Å². The highest BCUT2D eigenvalue weighted by Crippen LogP contribution is 2.22. The van der Waals surface area contributed by atoms with Gasteiger partial charge in [-0.1, -0.05) is 16.8 Å². The zero-order chi connectivity index (χ0) is 17.8. The Bertz CT molecular complexity index is 902. The van der Waals surface area contributed by atoms with Gasteiger partial charge in [-0.15, -0.1) is 0 Å². The maximum atomic E-state index is 12.1. The third kappa shape index (κ3) is 4.24. The molecule has 0 saturated carbocycles. The van der Waals surface area contributed by atoms with Crippen molar-refractivity contribution in [1.82, 2.24) is 5.16 Å². The lowest BCUT2D eigenvalue weighted by molar-refractivity contribution is -0.115. The lowest BCUT2D eigenvalue weighted by atomic mass is 10.1. The van der Waals surface area contributed by atoms with Crippen LogP contribution in [0.5, 0.6) is 0 Å². The summed E-state index contributed by atoms with van der Waals surface area (Å²) in [4.78, 5) is 23.1. The van der Waals surface area contributed by atoms with Crippen LogP contribution in [-0.4, -0.2) is 17.0 Å². The molecule has 1 heterocycles. The van der Waals surface area contributed by atoms with Crippen molar-refractivity contribution < 1.29 is 14.1 Å². The molecule has 7 heteroatoms. The highest BCUT2D eigenvalue weighted by atomic mass is 35.5. The van der Waals surface area contributed by atoms with Gasteiger partial charge in [0.1, 0.15) is 0 Å². The lowest BCUT2D eigenvalue weighted by Crippen LogP contribution is -2.15. The Balaban J connectivity index is 1.63. The van der Waals surface area contributed by atoms with Crippen LogP contribution in [0.25, 0.3) is 11.3 Å². The average Bonchev–Trinajstić information content (AvgIpc) is 3.04. The minimum atomic E-state index is -0.518. The van der Waals surface area contributed by atoms with Crippen molar-refractivity contribution in [3.05, 3.63) is 70.9 Å². The van der Waals surface area contributed by atoms with E-state index >= 15 is 0 Å². The summed E-state index contributed by atoms with van der Waals surface area (Å²) in [7, 11) is 0. The van der Waals surface area contributed by atoms with Gasteiger partial charge < -0.3 is 15.6 Å². The number of halogens is 1. The Hall–Kier alpha value is -3.12. The van der Waals surface area contributed by atoms with Gasteiger partial charge in [0, 0.05) is 27.9 Å². The second-order valence-corrected chi connectivity index (χ2v) is 5.79. The summed E-state index contributed by atoms with van der Waals surface area (Å²) in [5.74, 6) is -0.205. The molecule has 2 amide bonds. The van der Waals surface area contributed by atoms with E-state index in [1.54, 1.807) is 42.5 Å². The molecule has 0 spiro atoms. The average molecular weight is 356 g/mol. The van der Waals surface area contributed by atoms with Gasteiger partial charge >= 0.3 is 0 Å². The van der Waals surface area contributed by atoms with Gasteiger partial charge in [-0.3, -0.25) is 9.59 Å². The van der Waals surface area contributed by atoms with E-state index in [4.69, 9.17) is 21.9 Å². The third-order valence-electron chi connectivity index (χ3n) is 3.48. The molecular weight excluding hydrogens is 342 g/mol. The van der Waals surface area contributed by atoms with Gasteiger partial charge in [0.2, 0.25) is 11.8 Å². The zero-order valence-corrected chi connectivity index (χ0v) is 13.8. The molecule has 0 fully saturated rings. The van der Waals surface area contributed by atoms with Crippen molar-refractivity contribution >= 4 is 29.1 Å². The number of primary amides is 1. The number of anilines is 1. The van der Waals surface area contributed by atoms with Crippen LogP contribution in [0, 0.1) is 0 Å². The Morgan fingerprint density at radius 1 is 1.08 bits per heavy atom. The molecule has 2 aromatic carbocycles. The Morgan fingerprint density at radius 3 is 2.40 bits per heavy atom. The Kier molecular flexibility index (Phi) is 4.81. The summed E-state index contributed by atoms with van der Waals surface area (Å²) in [5, 5.41) is 7.26. The van der Waals surface area contributed by atoms with Crippen molar-refractivity contribution in [2.24, 2.45) is 5.73 Å². The standard InChI is InChI=1S/C18H14ClN3O3/c19-13-5-1-11(2-6-13)16-9-15(22-25-16)10-17(23)21-14-7-3-12(4-8-14)18(20)24/h1-9H,10H2,(H2,20,24)(H,21,23). The van der Waals surface area contributed by atoms with Crippen LogP contribution in [0.1, 0.15) is 16.1 Å². The minimum Gasteiger partial charge on any atom is -0.366 e. The van der Waals surface area contributed by atoms with Crippen molar-refractivity contribution in [2.75, 3.05) is 5.32 Å². The van der Waals surface area contributed by atoms with Crippen molar-refractivity contribution in [2.45, 2.75) is 6.42 Å². The van der Waals surface area contributed by atoms with E-state index in [1.165, 1.54) is 0 Å². The summed E-state index contributed by atoms with van der Waals surface area (Å²) < 4.78 is 5.26. The summed E-state index contributed by atoms with van der Waals surface area (Å²) >= 11 is 5.85. The number of carbonyl (C=O) groups is 2. The summed E-state index contributed by atoms with van der Waals surface area (Å²) in [5.41, 5.74) is 7.45. The zero-order valence-electron chi connectivity index (χ0n) is 13.0. The first-order valence-corrected chi connectivity index (χ1v) is 7.80. The number of hydrogen-bond donors (Lipinski definition) is 2. The van der Waals surface area contributed by atoms with E-state index in [2.05, 4.69) is 10.5 Å². The van der Waals surface area contributed by atoms with Crippen molar-refractivity contribution in [1.29, 1.82) is 0 Å². The number of aromatic nitrogens is 1. The Morgan fingerprint density at radius 2 is 1.76 bits per heavy atom. The Labute approximate surface area is 148 Å². The molecule has 3 rings (SSSR count). The monoisotopic (exact) mass is 355 g/mol. The predicted octanol–water partition coefficient (Wildman–Crippen LogP) is 3.28. The summed E-state index contributed by atoms with van der Waals surface area (Å²) in [6, 6.07) is 15.2. The SMILES string of the molecule is NC(=O)c1ccc(NC(=O)Cc2cc(-c3ccc(Cl)cc3)on2)cc1. The molecule has 0 unspecified atom stereocenters. The molecule has 126 valence electrons. The van der Waals surface area contributed by atoms with Gasteiger partial charge in [0.25, 0.3) is 0 Å². The molecule has 0 saturated heterocycles. The molecule has 0 radical (unpaired) electrons. The second kappa shape index (κ2) is 7.19. The minimum absolute atomic E-state index is 0.0641. The third-order valence-corrected chi connectivity index (χ3v) is 3.73. The normalized spacial score (nSPS) is 10.4. The number of nitrogens with one attached hydrogen (secondary N) is 1. The van der Waals surface area contributed by atoms with Crippen LogP contribution >= 0.6 is 11.6 Å². The maximum absolute atomic E-state index is 12.1. The first-order chi connectivity index (χ1) is 12.0. The van der Waals surface area contributed by atoms with Crippen LogP contribution in [0.15, 0.2) is 59.1 Å². The van der Waals surface area contributed by atoms with Gasteiger partial charge in [-0.2, -0.15) is 0 Å². The van der Waals surface area contributed by atoms with Crippen LogP contribution in [0.4, 0.5) is 5.69 Å². The number of amides is 2. The van der Waals surface area contributed by atoms with E-state index in [0.29, 0.717) is 27.7 Å². The smallest absolute Gasteiger partial charge is 0.248 e. The molecule has 0 aliphatic heterocycles. The van der Waals surface area contributed by atoms with E-state index < -0.39 is 5.91 Å². The van der Waals surface area contributed by atoms with E-state index in [9.17, 15) is 9.59 Å². The summed E-state index contributed by atoms with van der Waals surface area (Å²) in [6.07, 6.45) is 0.0641. The first kappa shape index (κ1) is 16.7. The number of benzene rings is 2. The van der Waals surface area contributed by atoms with Crippen LogP contribution in [0.3, 0.4) is 0 Å². The van der Waals surface area contributed by atoms with E-state index in [0.717, 1.165) is 5.56 Å². The van der Waals surface area contributed by atoms with E-state index in [-0.39, 0.29) is 12.3 Å². The molecule has 1 aromatic heterocycles. The largest absolute Gasteiger partial charge is 0.366 e. The van der Waals surface area contributed by atoms with Crippen LogP contribution < -0.4 is 11.1 Å². The van der Waals surface area contributed by atoms with Gasteiger partial charge in [0.15, 0.2) is 5.76 Å². The summed E-state index contributed by atoms with van der Waals surface area (Å²) in [6.45, 7) is 0. The van der Waals surface area contributed by atoms with E-state index in [1.807, 2.05) is 12.1 Å². The molecule has 0 aliphatic rings. The number of rotatable bonds is 5. The fourth-order valence-corrected chi connectivity index (χ4v) is 2.36. The quantitative estimate of drug-likeness (QED) is 0.733. The fraction of sp³-hybridized carbons (Fsp3) is 0.0556. The van der Waals surface area contributed by atoms with Crippen molar-refractivity contribution in [3.63, 3.8) is 0 Å². The first-order valence-electron chi connectivity index (χ1n) is 7.42. The van der Waals surface area contributed by atoms with Crippen LogP contribution in [0.2, 0.25) is 5.02 Å². The molecule has 0 atom stereocenters. The number of nitrogens with zero attached hydrogens (tertiary/aromatic N) is 1. The number of nitrogens with two attached hydrogens (primary N) is 1. The van der Waals surface area contributed by atoms with Gasteiger partial charge in [-0.25, -0.2) is 0 Å². The highest BCUT2D eigenvalue weighted by Gasteiger charge is 2.11. The molecule has 3 aromatic rings. The number of hydrogen-bond acceptors (Lipinski definition) is 4. The predicted molar refractivity (Wildman–Crippen MR) is 94.2 cm³/mol. The topological polar surface area (TPSA) is 98.2 Å². The fourth-order valence-electron chi connectivity index (χ4n) is 2.23. The molecule has 3 N–H and O–H groups in total. The molecule has 0 aliphatic carbocycles. The van der Waals surface area contributed by atoms with Gasteiger partial charge in [0.05, 0.1) is 12.1 Å². The van der Waals surface area contributed by atoms with Crippen molar-refractivity contribution in [3.8, 4) is 11.3 Å².